The van der Waals surface area contributed by atoms with E-state index in [-0.39, 0.29) is 556 Å². The van der Waals surface area contributed by atoms with E-state index in [1.165, 1.54) is 21.3 Å². The Labute approximate surface area is 791 Å². The molecule has 2 rings (SSSR count). The quantitative estimate of drug-likeness (QED) is 0.148. The Morgan fingerprint density at radius 1 is 0.534 bits per heavy atom. The van der Waals surface area contributed by atoms with Crippen molar-refractivity contribution in [3.63, 3.8) is 0 Å². The number of amides is 1. The molecule has 1 heterocycles. The fourth-order valence-corrected chi connectivity index (χ4v) is 7.80. The largest absolute Gasteiger partial charge is 0.612 e. The molecule has 309 valence electrons. The monoisotopic (exact) mass is 2660 g/mol. The third kappa shape index (κ3) is 62.0. The van der Waals surface area contributed by atoms with Crippen molar-refractivity contribution in [2.75, 3.05) is 4.90 Å². The van der Waals surface area contributed by atoms with Crippen molar-refractivity contribution in [3.8, 4) is 0 Å². The molecule has 4 nitrogen and oxygen atoms in total. The SMILES string of the molecule is Cc1c([CH-]I)c([CH-]I)c2c(c1[CH-]I)N([CH-]I)C([CH-]I)CC2N([CH-]I)C(=O)O[CH-]I.[V].[V].[V].[V].[V].[V].[V].[V].[V].[V].[V].[V].[V].[V].[V].[V].[V].[V].[V].[V].[V].[V].[V].[V].[V].[V].[V].[V].[V]. The molecule has 0 fully saturated rings. The van der Waals surface area contributed by atoms with Crippen molar-refractivity contribution in [1.29, 1.82) is 0 Å². The summed E-state index contributed by atoms with van der Waals surface area (Å²) < 4.78 is 19.1. The minimum atomic E-state index is -0.371. The molecule has 1 amide bonds. The Morgan fingerprint density at radius 2 is 0.845 bits per heavy atom. The summed E-state index contributed by atoms with van der Waals surface area (Å²) in [4.78, 5) is 16.8. The van der Waals surface area contributed by atoms with Crippen molar-refractivity contribution in [2.45, 2.75) is 25.4 Å². The average Bonchev–Trinajstić information content (AvgIpc) is 2.72. The van der Waals surface area contributed by atoms with Gasteiger partial charge in [0, 0.05) is 538 Å². The average molecular weight is 2660 g/mol. The number of nitrogens with zero attached hydrogens (tertiary/aromatic N) is 2. The number of rotatable bonds is 8. The zero-order chi connectivity index (χ0) is 21.7. The Bertz CT molecular complexity index is 793. The van der Waals surface area contributed by atoms with Gasteiger partial charge in [0.2, 0.25) is 0 Å². The van der Waals surface area contributed by atoms with Gasteiger partial charge in [-0.1, -0.05) is 18.0 Å². The van der Waals surface area contributed by atoms with Gasteiger partial charge in [-0.25, -0.2) is 20.3 Å². The van der Waals surface area contributed by atoms with Crippen LogP contribution >= 0.6 is 158 Å². The molecule has 1 aromatic rings. The van der Waals surface area contributed by atoms with Crippen molar-refractivity contribution in [3.05, 3.63) is 59.2 Å². The molecule has 40 heteroatoms. The van der Waals surface area contributed by atoms with E-state index in [0.29, 0.717) is 0 Å². The van der Waals surface area contributed by atoms with Crippen LogP contribution < -0.4 is 4.90 Å². The first-order valence-corrected chi connectivity index (χ1v) is 16.7. The van der Waals surface area contributed by atoms with Gasteiger partial charge in [0.05, 0.1) is 0 Å². The molecule has 0 saturated heterocycles. The van der Waals surface area contributed by atoms with Gasteiger partial charge in [0.1, 0.15) is 0 Å². The summed E-state index contributed by atoms with van der Waals surface area (Å²) >= 11 is 15.6. The van der Waals surface area contributed by atoms with Crippen LogP contribution in [0.4, 0.5) is 10.5 Å². The normalized spacial score (nSPS) is 9.07. The number of halogens is 7. The van der Waals surface area contributed by atoms with Crippen LogP contribution in [0, 0.1) is 38.4 Å². The molecule has 0 bridgehead atoms. The smallest absolute Gasteiger partial charge is 0.349 e. The second kappa shape index (κ2) is 116. The van der Waals surface area contributed by atoms with Crippen LogP contribution in [0.1, 0.15) is 40.3 Å². The van der Waals surface area contributed by atoms with Crippen LogP contribution in [0.2, 0.25) is 0 Å². The molecule has 29 radical (unpaired) electrons. The molecule has 1 aromatic carbocycles. The van der Waals surface area contributed by atoms with Gasteiger partial charge in [-0.3, -0.25) is 78.9 Å². The summed E-state index contributed by atoms with van der Waals surface area (Å²) in [5.41, 5.74) is 7.08. The number of carbonyl (C=O) groups excluding carboxylic acids is 1. The fraction of sp³-hybridized carbons (Fsp3) is 0.222. The topological polar surface area (TPSA) is 32.8 Å². The minimum absolute atomic E-state index is 0. The molecule has 2 unspecified atom stereocenters. The van der Waals surface area contributed by atoms with Gasteiger partial charge >= 0.3 is 6.09 Å². The summed E-state index contributed by atoms with van der Waals surface area (Å²) in [5, 5.41) is 0. The molecular weight excluding hydrogens is 2640 g/mol. The van der Waals surface area contributed by atoms with Gasteiger partial charge in [-0.2, -0.15) is 74.4 Å². The van der Waals surface area contributed by atoms with Gasteiger partial charge < -0.3 is 37.1 Å². The Kier molecular flexibility index (Phi) is 369. The summed E-state index contributed by atoms with van der Waals surface area (Å²) in [6.07, 6.45) is 0.400. The number of hydrogen-bond acceptors (Lipinski definition) is 3. The molecule has 58 heavy (non-hydrogen) atoms. The van der Waals surface area contributed by atoms with E-state index in [0.717, 1.165) is 23.2 Å². The van der Waals surface area contributed by atoms with E-state index in [4.69, 9.17) is 4.74 Å². The van der Waals surface area contributed by atoms with Gasteiger partial charge in [-0.05, 0) is 6.04 Å². The van der Waals surface area contributed by atoms with Crippen LogP contribution in [0.25, 0.3) is 0 Å². The third-order valence-corrected chi connectivity index (χ3v) is 8.84. The van der Waals surface area contributed by atoms with Crippen molar-refractivity contribution < 1.29 is 548 Å². The molecule has 0 aromatic heterocycles. The predicted molar refractivity (Wildman–Crippen MR) is 179 cm³/mol. The Balaban J connectivity index is -0.0000000119. The van der Waals surface area contributed by atoms with E-state index < -0.39 is 0 Å². The molecule has 0 aliphatic carbocycles. The third-order valence-electron chi connectivity index (χ3n) is 4.69. The second-order valence-electron chi connectivity index (χ2n) is 5.88. The molecule has 2 atom stereocenters. The minimum Gasteiger partial charge on any atom is -0.612 e. The number of carbonyl (C=O) groups is 1. The number of hydrogen-bond donors (Lipinski definition) is 0. The summed E-state index contributed by atoms with van der Waals surface area (Å²) in [6.45, 7) is 2.16. The molecule has 0 saturated carbocycles. The van der Waals surface area contributed by atoms with Gasteiger partial charge in [-0.15, -0.1) is 33.1 Å². The van der Waals surface area contributed by atoms with E-state index >= 15 is 0 Å². The Morgan fingerprint density at radius 3 is 1.07 bits per heavy atom. The van der Waals surface area contributed by atoms with Gasteiger partial charge in [0.15, 0.2) is 0 Å². The number of benzene rings is 1. The van der Waals surface area contributed by atoms with Crippen molar-refractivity contribution in [2.24, 2.45) is 0 Å². The number of ether oxygens (including phenoxy) is 1. The maximum absolute atomic E-state index is 12.8. The predicted octanol–water partition coefficient (Wildman–Crippen LogP) is 9.08. The standard InChI is InChI=1S/C18H14I7N2O2.29V/c1-10-12(4-20)14(6-22)16-15(27(8-24)18(28)29-9-25)2-11(3-19)26(7-23)17(16)13(10)5-21;;;;;;;;;;;;;;;;;;;;;;;;;;;;;/h3-9,11,15H,2H2,1H3;;;;;;;;;;;;;;;;;;;;;;;;;;;;;/q-7;;;;;;;;;;;;;;;;;;;;;;;;;;;;;. The van der Waals surface area contributed by atoms with Crippen LogP contribution in [0.5, 0.6) is 0 Å². The number of fused-ring (bicyclic) bond motifs is 1. The Hall–Kier alpha value is 20.0. The van der Waals surface area contributed by atoms with Gasteiger partial charge in [0.25, 0.3) is 0 Å². The van der Waals surface area contributed by atoms with E-state index in [9.17, 15) is 4.79 Å². The van der Waals surface area contributed by atoms with E-state index in [1.54, 1.807) is 9.45 Å². The van der Waals surface area contributed by atoms with Crippen LogP contribution in [-0.4, -0.2) is 17.0 Å². The number of anilines is 1. The molecule has 1 aliphatic rings. The summed E-state index contributed by atoms with van der Waals surface area (Å²) in [5.74, 6) is 0. The van der Waals surface area contributed by atoms with Crippen LogP contribution in [0.3, 0.4) is 0 Å². The first-order valence-electron chi connectivity index (χ1n) is 7.96. The first-order chi connectivity index (χ1) is 13.9. The summed E-state index contributed by atoms with van der Waals surface area (Å²) in [6, 6.07) is 0.0207. The van der Waals surface area contributed by atoms with E-state index in [1.807, 2.05) is 22.6 Å². The van der Waals surface area contributed by atoms with E-state index in [2.05, 4.69) is 170 Å². The zero-order valence-corrected chi connectivity index (χ0v) is 83.3. The molecular formula is C18H14I7N2O2V29-7. The van der Waals surface area contributed by atoms with Crippen LogP contribution in [0.15, 0.2) is 0 Å². The molecule has 1 aliphatic heterocycles. The fourth-order valence-electron chi connectivity index (χ4n) is 3.40. The first kappa shape index (κ1) is 185. The molecule has 0 spiro atoms. The zero-order valence-electron chi connectivity index (χ0n) is 27.7. The molecule has 0 N–H and O–H groups in total. The summed E-state index contributed by atoms with van der Waals surface area (Å²) in [7, 11) is 0. The van der Waals surface area contributed by atoms with Crippen molar-refractivity contribution in [1.82, 2.24) is 4.90 Å². The second-order valence-corrected chi connectivity index (χ2v) is 10.1. The maximum Gasteiger partial charge on any atom is 0.349 e. The van der Waals surface area contributed by atoms with Crippen LogP contribution in [-0.2, 0) is 543 Å². The van der Waals surface area contributed by atoms with Crippen molar-refractivity contribution >= 4 is 170 Å². The maximum atomic E-state index is 12.8.